The van der Waals surface area contributed by atoms with Gasteiger partial charge < -0.3 is 0 Å². The van der Waals surface area contributed by atoms with Crippen LogP contribution in [0.3, 0.4) is 0 Å². The number of sulfonamides is 1. The highest BCUT2D eigenvalue weighted by atomic mass is 32.2. The summed E-state index contributed by atoms with van der Waals surface area (Å²) in [5.41, 5.74) is 4.34. The van der Waals surface area contributed by atoms with E-state index in [1.807, 2.05) is 37.3 Å². The molecule has 0 spiro atoms. The number of amides is 1. The molecule has 2 aromatic carbocycles. The number of thiophene rings is 1. The number of nitrogens with zero attached hydrogens (tertiary/aromatic N) is 1. The summed E-state index contributed by atoms with van der Waals surface area (Å²) in [6, 6.07) is 19.2. The third-order valence-electron chi connectivity index (χ3n) is 3.95. The van der Waals surface area contributed by atoms with Gasteiger partial charge >= 0.3 is 0 Å². The largest absolute Gasteiger partial charge is 0.279 e. The van der Waals surface area contributed by atoms with Crippen molar-refractivity contribution in [1.29, 1.82) is 0 Å². The molecule has 0 aliphatic carbocycles. The molecule has 0 saturated carbocycles. The molecule has 6 nitrogen and oxygen atoms in total. The Balaban J connectivity index is 1.59. The van der Waals surface area contributed by atoms with Gasteiger partial charge in [-0.3, -0.25) is 9.52 Å². The van der Waals surface area contributed by atoms with Crippen LogP contribution >= 0.6 is 11.3 Å². The molecule has 0 aliphatic heterocycles. The Morgan fingerprint density at radius 3 is 2.39 bits per heavy atom. The molecule has 144 valence electrons. The lowest BCUT2D eigenvalue weighted by molar-refractivity contribution is 0.0955. The van der Waals surface area contributed by atoms with E-state index in [0.717, 1.165) is 16.9 Å². The number of anilines is 1. The second-order valence-electron chi connectivity index (χ2n) is 6.03. The summed E-state index contributed by atoms with van der Waals surface area (Å²) < 4.78 is 27.1. The van der Waals surface area contributed by atoms with Gasteiger partial charge in [0, 0.05) is 23.4 Å². The van der Waals surface area contributed by atoms with Crippen LogP contribution in [-0.4, -0.2) is 20.5 Å². The number of rotatable bonds is 7. The van der Waals surface area contributed by atoms with E-state index in [0.29, 0.717) is 11.3 Å². The number of hydrogen-bond donors (Lipinski definition) is 2. The summed E-state index contributed by atoms with van der Waals surface area (Å²) in [6.07, 6.45) is 1.66. The molecule has 0 saturated heterocycles. The van der Waals surface area contributed by atoms with Gasteiger partial charge in [0.05, 0.1) is 0 Å². The normalized spacial score (nSPS) is 12.6. The Morgan fingerprint density at radius 1 is 1.04 bits per heavy atom. The topological polar surface area (TPSA) is 87.6 Å². The Hall–Kier alpha value is -2.97. The van der Waals surface area contributed by atoms with E-state index in [1.54, 1.807) is 17.7 Å². The average molecular weight is 414 g/mol. The Morgan fingerprint density at radius 2 is 1.75 bits per heavy atom. The van der Waals surface area contributed by atoms with Crippen molar-refractivity contribution in [2.45, 2.75) is 17.1 Å². The summed E-state index contributed by atoms with van der Waals surface area (Å²) >= 11 is 1.14. The Bertz CT molecular complexity index is 1050. The van der Waals surface area contributed by atoms with Crippen molar-refractivity contribution in [2.75, 3.05) is 4.72 Å². The third kappa shape index (κ3) is 5.05. The minimum Gasteiger partial charge on any atom is -0.279 e. The van der Waals surface area contributed by atoms with Crippen LogP contribution in [0, 0.1) is 0 Å². The van der Waals surface area contributed by atoms with Gasteiger partial charge in [-0.15, -0.1) is 11.3 Å². The molecule has 1 atom stereocenters. The van der Waals surface area contributed by atoms with Gasteiger partial charge in [0.2, 0.25) is 0 Å². The number of nitrogens with one attached hydrogen (secondary N) is 2. The summed E-state index contributed by atoms with van der Waals surface area (Å²) in [7, 11) is -3.61. The summed E-state index contributed by atoms with van der Waals surface area (Å²) in [5.74, 6) is -0.306. The van der Waals surface area contributed by atoms with Crippen LogP contribution in [0.2, 0.25) is 0 Å². The molecule has 2 N–H and O–H groups in total. The molecule has 0 unspecified atom stereocenters. The lowest BCUT2D eigenvalue weighted by Crippen LogP contribution is -2.18. The number of hydrazone groups is 1. The standard InChI is InChI=1S/C20H19N3O3S2/c1-15(16-6-3-2-4-7-16)14-21-22-20(24)17-9-11-18(12-10-17)23-28(25,26)19-8-5-13-27-19/h2-15,23H,1H3,(H,22,24)/b21-14-/t15-/m1/s1. The fourth-order valence-corrected chi connectivity index (χ4v) is 4.48. The van der Waals surface area contributed by atoms with Crippen LogP contribution in [0.25, 0.3) is 0 Å². The molecule has 0 bridgehead atoms. The Kier molecular flexibility index (Phi) is 6.23. The fourth-order valence-electron chi connectivity index (χ4n) is 2.43. The predicted octanol–water partition coefficient (Wildman–Crippen LogP) is 4.07. The molecular weight excluding hydrogens is 394 g/mol. The van der Waals surface area contributed by atoms with Gasteiger partial charge in [0.25, 0.3) is 15.9 Å². The molecule has 3 rings (SSSR count). The minimum absolute atomic E-state index is 0.0653. The summed E-state index contributed by atoms with van der Waals surface area (Å²) in [6.45, 7) is 1.99. The van der Waals surface area contributed by atoms with Crippen LogP contribution < -0.4 is 10.1 Å². The highest BCUT2D eigenvalue weighted by Gasteiger charge is 2.15. The first-order valence-electron chi connectivity index (χ1n) is 8.50. The summed E-state index contributed by atoms with van der Waals surface area (Å²) in [5, 5.41) is 5.70. The molecular formula is C20H19N3O3S2. The molecule has 0 aliphatic rings. The van der Waals surface area contributed by atoms with Crippen LogP contribution in [0.1, 0.15) is 28.8 Å². The molecule has 1 aromatic heterocycles. The van der Waals surface area contributed by atoms with Crippen LogP contribution in [0.5, 0.6) is 0 Å². The van der Waals surface area contributed by atoms with Crippen molar-refractivity contribution in [1.82, 2.24) is 5.43 Å². The predicted molar refractivity (Wildman–Crippen MR) is 112 cm³/mol. The molecule has 28 heavy (non-hydrogen) atoms. The second kappa shape index (κ2) is 8.81. The van der Waals surface area contributed by atoms with Gasteiger partial charge in [-0.1, -0.05) is 43.3 Å². The van der Waals surface area contributed by atoms with E-state index in [1.165, 1.54) is 30.3 Å². The zero-order chi connectivity index (χ0) is 20.0. The average Bonchev–Trinajstić information content (AvgIpc) is 3.25. The van der Waals surface area contributed by atoms with Gasteiger partial charge in [-0.25, -0.2) is 13.8 Å². The van der Waals surface area contributed by atoms with E-state index >= 15 is 0 Å². The lowest BCUT2D eigenvalue weighted by Gasteiger charge is -2.07. The van der Waals surface area contributed by atoms with E-state index < -0.39 is 10.0 Å². The van der Waals surface area contributed by atoms with Crippen molar-refractivity contribution in [2.24, 2.45) is 5.10 Å². The number of carbonyl (C=O) groups is 1. The van der Waals surface area contributed by atoms with Crippen LogP contribution in [-0.2, 0) is 10.0 Å². The third-order valence-corrected chi connectivity index (χ3v) is 6.73. The van der Waals surface area contributed by atoms with Gasteiger partial charge in [-0.05, 0) is 41.3 Å². The van der Waals surface area contributed by atoms with E-state index in [9.17, 15) is 13.2 Å². The van der Waals surface area contributed by atoms with Crippen molar-refractivity contribution < 1.29 is 13.2 Å². The van der Waals surface area contributed by atoms with E-state index in [4.69, 9.17) is 0 Å². The number of carbonyl (C=O) groups excluding carboxylic acids is 1. The molecule has 1 heterocycles. The zero-order valence-corrected chi connectivity index (χ0v) is 16.7. The highest BCUT2D eigenvalue weighted by molar-refractivity contribution is 7.94. The van der Waals surface area contributed by atoms with E-state index in [2.05, 4.69) is 15.2 Å². The quantitative estimate of drug-likeness (QED) is 0.452. The maximum atomic E-state index is 12.2. The minimum atomic E-state index is -3.61. The number of benzene rings is 2. The monoisotopic (exact) mass is 413 g/mol. The first kappa shape index (κ1) is 19.8. The fraction of sp³-hybridized carbons (Fsp3) is 0.100. The summed E-state index contributed by atoms with van der Waals surface area (Å²) in [4.78, 5) is 12.2. The van der Waals surface area contributed by atoms with E-state index in [-0.39, 0.29) is 16.0 Å². The van der Waals surface area contributed by atoms with Crippen LogP contribution in [0.15, 0.2) is 81.4 Å². The van der Waals surface area contributed by atoms with Crippen molar-refractivity contribution in [3.63, 3.8) is 0 Å². The highest BCUT2D eigenvalue weighted by Crippen LogP contribution is 2.20. The molecule has 1 amide bonds. The van der Waals surface area contributed by atoms with Gasteiger partial charge in [-0.2, -0.15) is 5.10 Å². The smallest absolute Gasteiger partial charge is 0.271 e. The Labute approximate surface area is 168 Å². The maximum Gasteiger partial charge on any atom is 0.271 e. The van der Waals surface area contributed by atoms with Gasteiger partial charge in [0.1, 0.15) is 4.21 Å². The molecule has 8 heteroatoms. The first-order chi connectivity index (χ1) is 13.5. The second-order valence-corrected chi connectivity index (χ2v) is 8.89. The maximum absolute atomic E-state index is 12.2. The van der Waals surface area contributed by atoms with Crippen molar-refractivity contribution in [3.8, 4) is 0 Å². The molecule has 0 fully saturated rings. The lowest BCUT2D eigenvalue weighted by atomic mass is 10.0. The number of hydrogen-bond acceptors (Lipinski definition) is 5. The van der Waals surface area contributed by atoms with Gasteiger partial charge in [0.15, 0.2) is 0 Å². The SMILES string of the molecule is C[C@H](/C=N\NC(=O)c1ccc(NS(=O)(=O)c2cccs2)cc1)c1ccccc1. The zero-order valence-electron chi connectivity index (χ0n) is 15.1. The van der Waals surface area contributed by atoms with Crippen LogP contribution in [0.4, 0.5) is 5.69 Å². The first-order valence-corrected chi connectivity index (χ1v) is 10.9. The van der Waals surface area contributed by atoms with Crippen molar-refractivity contribution >= 4 is 39.2 Å². The molecule has 3 aromatic rings. The molecule has 0 radical (unpaired) electrons. The van der Waals surface area contributed by atoms with Crippen molar-refractivity contribution in [3.05, 3.63) is 83.2 Å².